The van der Waals surface area contributed by atoms with Crippen molar-refractivity contribution in [3.63, 3.8) is 0 Å². The molecule has 10 nitrogen and oxygen atoms in total. The van der Waals surface area contributed by atoms with Gasteiger partial charge in [0.2, 0.25) is 0 Å². The first-order valence-electron chi connectivity index (χ1n) is 7.32. The van der Waals surface area contributed by atoms with Gasteiger partial charge >= 0.3 is 23.9 Å². The van der Waals surface area contributed by atoms with E-state index >= 15 is 0 Å². The van der Waals surface area contributed by atoms with Crippen molar-refractivity contribution in [3.8, 4) is 0 Å². The van der Waals surface area contributed by atoms with Crippen LogP contribution < -0.4 is 11.5 Å². The molecule has 0 spiro atoms. The molecule has 0 aromatic carbocycles. The van der Waals surface area contributed by atoms with Crippen molar-refractivity contribution in [2.75, 3.05) is 0 Å². The maximum atomic E-state index is 11.4. The molecule has 0 aliphatic heterocycles. The summed E-state index contributed by atoms with van der Waals surface area (Å²) in [5.74, 6) is -5.57. The summed E-state index contributed by atoms with van der Waals surface area (Å²) in [4.78, 5) is 45.5. The molecule has 0 bridgehead atoms. The second-order valence-electron chi connectivity index (χ2n) is 6.54. The Hall–Kier alpha value is -0.200. The Bertz CT molecular complexity index is 535. The molecule has 0 heterocycles. The van der Waals surface area contributed by atoms with Crippen LogP contribution in [0, 0.1) is 10.8 Å². The van der Waals surface area contributed by atoms with Gasteiger partial charge in [0, 0.05) is 69.9 Å². The molecule has 0 amide bonds. The third-order valence-electron chi connectivity index (χ3n) is 5.04. The minimum Gasteiger partial charge on any atom is -0.481 e. The summed E-state index contributed by atoms with van der Waals surface area (Å²) in [6, 6.07) is 0. The Balaban J connectivity index is 0. The summed E-state index contributed by atoms with van der Waals surface area (Å²) in [5, 5.41) is 37.0. The molecule has 2 radical (unpaired) electrons. The Morgan fingerprint density at radius 1 is 0.692 bits per heavy atom. The van der Waals surface area contributed by atoms with Crippen LogP contribution >= 0.6 is 0 Å². The maximum Gasteiger partial charge on any atom is 0.304 e. The van der Waals surface area contributed by atoms with Gasteiger partial charge in [0.1, 0.15) is 0 Å². The largest absolute Gasteiger partial charge is 0.481 e. The quantitative estimate of drug-likeness (QED) is 0.217. The topological polar surface area (TPSA) is 201 Å². The van der Waals surface area contributed by atoms with Crippen molar-refractivity contribution in [3.05, 3.63) is 0 Å². The number of carbonyl (C=O) groups is 4. The van der Waals surface area contributed by atoms with Crippen molar-refractivity contribution in [2.45, 2.75) is 50.6 Å². The van der Waals surface area contributed by atoms with Gasteiger partial charge in [-0.05, 0) is 19.3 Å². The molecule has 1 saturated carbocycles. The maximum absolute atomic E-state index is 11.4. The summed E-state index contributed by atoms with van der Waals surface area (Å²) in [6.45, 7) is 0. The molecule has 8 N–H and O–H groups in total. The predicted molar refractivity (Wildman–Crippen MR) is 90.3 cm³/mol. The van der Waals surface area contributed by atoms with Gasteiger partial charge in [0.05, 0.1) is 31.3 Å². The first-order valence-corrected chi connectivity index (χ1v) is 7.32. The summed E-state index contributed by atoms with van der Waals surface area (Å²) in [6.07, 6.45) is -2.75. The summed E-state index contributed by atoms with van der Waals surface area (Å²) in [7, 11) is 0. The van der Waals surface area contributed by atoms with E-state index in [2.05, 4.69) is 0 Å². The third kappa shape index (κ3) is 5.90. The van der Waals surface area contributed by atoms with E-state index in [9.17, 15) is 39.6 Å². The van der Waals surface area contributed by atoms with Crippen molar-refractivity contribution in [1.29, 1.82) is 0 Å². The molecule has 1 aliphatic carbocycles. The van der Waals surface area contributed by atoms with Crippen molar-refractivity contribution >= 4 is 83.0 Å². The fourth-order valence-electron chi connectivity index (χ4n) is 4.13. The van der Waals surface area contributed by atoms with Crippen LogP contribution in [-0.4, -0.2) is 109 Å². The fourth-order valence-corrected chi connectivity index (χ4v) is 4.13. The van der Waals surface area contributed by atoms with E-state index in [1.807, 2.05) is 0 Å². The van der Waals surface area contributed by atoms with Gasteiger partial charge in [-0.15, -0.1) is 0 Å². The standard InChI is InChI=1S/C14H22N2O8.2Na/c15-14(16)3-1-2-12(4-8(17)18,5-9(19)20)13(14,6-10(21)22)7-11(23)24;;/h1-7,15-16H2,(H,17,18)(H,19,20)(H,21,22)(H,23,24);;. The third-order valence-corrected chi connectivity index (χ3v) is 5.04. The van der Waals surface area contributed by atoms with E-state index in [1.165, 1.54) is 0 Å². The number of rotatable bonds is 8. The SMILES string of the molecule is NC1(N)CCCC(CC(=O)O)(CC(=O)O)C1(CC(=O)O)CC(=O)O.[Na].[Na]. The average Bonchev–Trinajstić information content (AvgIpc) is 2.32. The van der Waals surface area contributed by atoms with Crippen LogP contribution in [0.5, 0.6) is 0 Å². The predicted octanol–water partition coefficient (Wildman–Crippen LogP) is -1.11. The first-order chi connectivity index (χ1) is 10.9. The van der Waals surface area contributed by atoms with Crippen LogP contribution in [0.4, 0.5) is 0 Å². The smallest absolute Gasteiger partial charge is 0.304 e. The van der Waals surface area contributed by atoms with Crippen LogP contribution in [0.25, 0.3) is 0 Å². The van der Waals surface area contributed by atoms with E-state index in [0.29, 0.717) is 0 Å². The number of nitrogens with two attached hydrogens (primary N) is 2. The van der Waals surface area contributed by atoms with Crippen LogP contribution in [-0.2, 0) is 19.2 Å². The zero-order valence-electron chi connectivity index (χ0n) is 15.0. The minimum absolute atomic E-state index is 0. The van der Waals surface area contributed by atoms with Crippen LogP contribution in [0.3, 0.4) is 0 Å². The average molecular weight is 392 g/mol. The number of carboxylic acids is 4. The molecule has 12 heteroatoms. The molecular weight excluding hydrogens is 370 g/mol. The molecule has 0 aromatic heterocycles. The molecule has 0 saturated heterocycles. The van der Waals surface area contributed by atoms with Gasteiger partial charge in [0.25, 0.3) is 0 Å². The van der Waals surface area contributed by atoms with E-state index in [0.717, 1.165) is 0 Å². The summed E-state index contributed by atoms with van der Waals surface area (Å²) in [5.41, 5.74) is 6.68. The van der Waals surface area contributed by atoms with Gasteiger partial charge in [-0.2, -0.15) is 0 Å². The van der Waals surface area contributed by atoms with Crippen LogP contribution in [0.1, 0.15) is 44.9 Å². The van der Waals surface area contributed by atoms with E-state index < -0.39 is 66.1 Å². The molecule has 1 fully saturated rings. The van der Waals surface area contributed by atoms with Crippen molar-refractivity contribution < 1.29 is 39.6 Å². The molecule has 26 heavy (non-hydrogen) atoms. The summed E-state index contributed by atoms with van der Waals surface area (Å²) < 4.78 is 0. The van der Waals surface area contributed by atoms with Crippen molar-refractivity contribution in [2.24, 2.45) is 22.3 Å². The molecule has 0 atom stereocenters. The van der Waals surface area contributed by atoms with Crippen LogP contribution in [0.2, 0.25) is 0 Å². The van der Waals surface area contributed by atoms with Gasteiger partial charge in [0.15, 0.2) is 0 Å². The van der Waals surface area contributed by atoms with E-state index in [-0.39, 0.29) is 78.4 Å². The van der Waals surface area contributed by atoms with E-state index in [4.69, 9.17) is 11.5 Å². The zero-order valence-corrected chi connectivity index (χ0v) is 19.0. The molecule has 138 valence electrons. The Kier molecular flexibility index (Phi) is 11.2. The zero-order chi connectivity index (χ0) is 18.8. The summed E-state index contributed by atoms with van der Waals surface area (Å²) >= 11 is 0. The van der Waals surface area contributed by atoms with E-state index in [1.54, 1.807) is 0 Å². The molecule has 0 unspecified atom stereocenters. The molecule has 1 aliphatic rings. The fraction of sp³-hybridized carbons (Fsp3) is 0.714. The molecule has 0 aromatic rings. The number of carboxylic acid groups (broad SMARTS) is 4. The Morgan fingerprint density at radius 3 is 1.35 bits per heavy atom. The van der Waals surface area contributed by atoms with Crippen LogP contribution in [0.15, 0.2) is 0 Å². The Morgan fingerprint density at radius 2 is 1.04 bits per heavy atom. The van der Waals surface area contributed by atoms with Gasteiger partial charge in [-0.25, -0.2) is 0 Å². The molecule has 1 rings (SSSR count). The second-order valence-corrected chi connectivity index (χ2v) is 6.54. The normalized spacial score (nSPS) is 19.3. The van der Waals surface area contributed by atoms with Gasteiger partial charge in [-0.1, -0.05) is 0 Å². The monoisotopic (exact) mass is 392 g/mol. The Labute approximate surface area is 194 Å². The second kappa shape index (κ2) is 10.4. The minimum atomic E-state index is -1.91. The number of hydrogen-bond acceptors (Lipinski definition) is 6. The number of aliphatic carboxylic acids is 4. The number of hydrogen-bond donors (Lipinski definition) is 6. The first kappa shape index (κ1) is 28.0. The van der Waals surface area contributed by atoms with Crippen molar-refractivity contribution in [1.82, 2.24) is 0 Å². The van der Waals surface area contributed by atoms with Gasteiger partial charge in [-0.3, -0.25) is 19.2 Å². The van der Waals surface area contributed by atoms with Gasteiger partial charge < -0.3 is 31.9 Å². The molecular formula is C14H22N2Na2O8.